The van der Waals surface area contributed by atoms with Crippen molar-refractivity contribution in [3.8, 4) is 0 Å². The van der Waals surface area contributed by atoms with Crippen LogP contribution in [-0.2, 0) is 4.74 Å². The van der Waals surface area contributed by atoms with E-state index in [0.717, 1.165) is 12.1 Å². The summed E-state index contributed by atoms with van der Waals surface area (Å²) < 4.78 is 32.7. The first kappa shape index (κ1) is 19.3. The molecule has 1 heterocycles. The quantitative estimate of drug-likeness (QED) is 0.588. The van der Waals surface area contributed by atoms with Crippen molar-refractivity contribution in [2.75, 3.05) is 10.6 Å². The van der Waals surface area contributed by atoms with Gasteiger partial charge in [0.25, 0.3) is 5.91 Å². The summed E-state index contributed by atoms with van der Waals surface area (Å²) in [6, 6.07) is 9.31. The summed E-state index contributed by atoms with van der Waals surface area (Å²) in [5, 5.41) is 5.25. The Labute approximate surface area is 159 Å². The number of rotatable bonds is 3. The molecule has 0 aliphatic heterocycles. The number of amides is 2. The maximum atomic E-state index is 13.8. The SMILES string of the molecule is CC(C)(C)OC(=O)Nc1ccc(F)cc1NC(=O)c1cc2c(F)cccc2[nH]1. The molecule has 0 aliphatic carbocycles. The fraction of sp³-hybridized carbons (Fsp3) is 0.200. The zero-order valence-electron chi connectivity index (χ0n) is 15.5. The van der Waals surface area contributed by atoms with Gasteiger partial charge in [-0.1, -0.05) is 6.07 Å². The molecule has 0 spiro atoms. The molecule has 2 amide bonds. The molecule has 1 aromatic heterocycles. The maximum absolute atomic E-state index is 13.8. The Balaban J connectivity index is 1.84. The second kappa shape index (κ2) is 7.30. The molecule has 146 valence electrons. The molecule has 3 aromatic rings. The minimum atomic E-state index is -0.748. The van der Waals surface area contributed by atoms with Gasteiger partial charge in [0.1, 0.15) is 22.9 Å². The minimum Gasteiger partial charge on any atom is -0.444 e. The standard InChI is InChI=1S/C20H19F2N3O3/c1-20(2,3)28-19(27)25-15-8-7-11(21)9-16(15)24-18(26)17-10-12-13(22)5-4-6-14(12)23-17/h4-10,23H,1-3H3,(H,24,26)(H,25,27). The lowest BCUT2D eigenvalue weighted by Gasteiger charge is -2.20. The maximum Gasteiger partial charge on any atom is 0.412 e. The van der Waals surface area contributed by atoms with Gasteiger partial charge in [0.15, 0.2) is 0 Å². The molecule has 0 radical (unpaired) electrons. The predicted molar refractivity (Wildman–Crippen MR) is 102 cm³/mol. The van der Waals surface area contributed by atoms with Gasteiger partial charge in [-0.05, 0) is 57.2 Å². The van der Waals surface area contributed by atoms with Crippen molar-refractivity contribution in [3.05, 3.63) is 59.8 Å². The van der Waals surface area contributed by atoms with E-state index in [9.17, 15) is 18.4 Å². The number of fused-ring (bicyclic) bond motifs is 1. The van der Waals surface area contributed by atoms with Crippen LogP contribution in [0, 0.1) is 11.6 Å². The zero-order chi connectivity index (χ0) is 20.5. The number of carbonyl (C=O) groups excluding carboxylic acids is 2. The van der Waals surface area contributed by atoms with Gasteiger partial charge in [0.2, 0.25) is 0 Å². The largest absolute Gasteiger partial charge is 0.444 e. The molecule has 0 aliphatic rings. The van der Waals surface area contributed by atoms with Gasteiger partial charge < -0.3 is 15.0 Å². The highest BCUT2D eigenvalue weighted by Crippen LogP contribution is 2.25. The Bertz CT molecular complexity index is 1050. The van der Waals surface area contributed by atoms with Gasteiger partial charge in [-0.3, -0.25) is 10.1 Å². The first-order valence-electron chi connectivity index (χ1n) is 8.50. The zero-order valence-corrected chi connectivity index (χ0v) is 15.5. The Kier molecular flexibility index (Phi) is 5.04. The van der Waals surface area contributed by atoms with Gasteiger partial charge in [-0.15, -0.1) is 0 Å². The number of hydrogen-bond acceptors (Lipinski definition) is 3. The molecule has 8 heteroatoms. The van der Waals surface area contributed by atoms with Gasteiger partial charge in [0.05, 0.1) is 11.4 Å². The third-order valence-electron chi connectivity index (χ3n) is 3.72. The summed E-state index contributed by atoms with van der Waals surface area (Å²) in [5.74, 6) is -1.69. The highest BCUT2D eigenvalue weighted by atomic mass is 19.1. The van der Waals surface area contributed by atoms with Crippen LogP contribution in [0.5, 0.6) is 0 Å². The lowest BCUT2D eigenvalue weighted by atomic mass is 10.2. The Hall–Kier alpha value is -3.42. The van der Waals surface area contributed by atoms with Crippen molar-refractivity contribution in [2.45, 2.75) is 26.4 Å². The monoisotopic (exact) mass is 387 g/mol. The molecule has 0 bridgehead atoms. The van der Waals surface area contributed by atoms with Gasteiger partial charge >= 0.3 is 6.09 Å². The fourth-order valence-corrected chi connectivity index (χ4v) is 2.57. The van der Waals surface area contributed by atoms with Crippen molar-refractivity contribution in [2.24, 2.45) is 0 Å². The molecule has 0 saturated carbocycles. The average Bonchev–Trinajstić information content (AvgIpc) is 3.01. The van der Waals surface area contributed by atoms with Crippen molar-refractivity contribution in [1.82, 2.24) is 4.98 Å². The number of ether oxygens (including phenoxy) is 1. The van der Waals surface area contributed by atoms with Gasteiger partial charge in [-0.25, -0.2) is 13.6 Å². The molecule has 28 heavy (non-hydrogen) atoms. The third kappa shape index (κ3) is 4.46. The Morgan fingerprint density at radius 1 is 1.00 bits per heavy atom. The van der Waals surface area contributed by atoms with Gasteiger partial charge in [-0.2, -0.15) is 0 Å². The van der Waals surface area contributed by atoms with E-state index in [1.807, 2.05) is 0 Å². The van der Waals surface area contributed by atoms with Crippen LogP contribution < -0.4 is 10.6 Å². The van der Waals surface area contributed by atoms with Crippen LogP contribution in [-0.4, -0.2) is 22.6 Å². The average molecular weight is 387 g/mol. The Morgan fingerprint density at radius 2 is 1.75 bits per heavy atom. The van der Waals surface area contributed by atoms with E-state index in [4.69, 9.17) is 4.74 Å². The predicted octanol–water partition coefficient (Wildman–Crippen LogP) is 5.05. The van der Waals surface area contributed by atoms with Crippen molar-refractivity contribution >= 4 is 34.3 Å². The van der Waals surface area contributed by atoms with Crippen LogP contribution in [0.1, 0.15) is 31.3 Å². The van der Waals surface area contributed by atoms with Crippen molar-refractivity contribution in [1.29, 1.82) is 0 Å². The second-order valence-electron chi connectivity index (χ2n) is 7.16. The van der Waals surface area contributed by atoms with Crippen LogP contribution in [0.25, 0.3) is 10.9 Å². The molecule has 0 unspecified atom stereocenters. The lowest BCUT2D eigenvalue weighted by Crippen LogP contribution is -2.27. The van der Waals surface area contributed by atoms with E-state index in [1.54, 1.807) is 26.8 Å². The summed E-state index contributed by atoms with van der Waals surface area (Å²) in [6.07, 6.45) is -0.748. The first-order chi connectivity index (χ1) is 13.1. The second-order valence-corrected chi connectivity index (χ2v) is 7.16. The van der Waals surface area contributed by atoms with Crippen LogP contribution >= 0.6 is 0 Å². The summed E-state index contributed by atoms with van der Waals surface area (Å²) in [6.45, 7) is 5.11. The van der Waals surface area contributed by atoms with E-state index in [1.165, 1.54) is 24.3 Å². The summed E-state index contributed by atoms with van der Waals surface area (Å²) >= 11 is 0. The highest BCUT2D eigenvalue weighted by Gasteiger charge is 2.19. The number of halogens is 2. The number of aromatic amines is 1. The van der Waals surface area contributed by atoms with Crippen LogP contribution in [0.15, 0.2) is 42.5 Å². The van der Waals surface area contributed by atoms with Crippen LogP contribution in [0.2, 0.25) is 0 Å². The molecule has 0 saturated heterocycles. The van der Waals surface area contributed by atoms with E-state index >= 15 is 0 Å². The van der Waals surface area contributed by atoms with Crippen molar-refractivity contribution < 1.29 is 23.1 Å². The lowest BCUT2D eigenvalue weighted by molar-refractivity contribution is 0.0635. The molecule has 3 N–H and O–H groups in total. The molecule has 2 aromatic carbocycles. The van der Waals surface area contributed by atoms with Crippen LogP contribution in [0.4, 0.5) is 25.0 Å². The molecule has 6 nitrogen and oxygen atoms in total. The normalized spacial score (nSPS) is 11.3. The molecule has 0 fully saturated rings. The first-order valence-corrected chi connectivity index (χ1v) is 8.50. The van der Waals surface area contributed by atoms with Crippen LogP contribution in [0.3, 0.4) is 0 Å². The van der Waals surface area contributed by atoms with Gasteiger partial charge in [0, 0.05) is 10.9 Å². The molecule has 3 rings (SSSR count). The third-order valence-corrected chi connectivity index (χ3v) is 3.72. The topological polar surface area (TPSA) is 83.2 Å². The van der Waals surface area contributed by atoms with E-state index in [-0.39, 0.29) is 22.5 Å². The number of hydrogen-bond donors (Lipinski definition) is 3. The van der Waals surface area contributed by atoms with E-state index in [0.29, 0.717) is 5.52 Å². The number of carbonyl (C=O) groups is 2. The number of aromatic nitrogens is 1. The Morgan fingerprint density at radius 3 is 2.43 bits per heavy atom. The molecular weight excluding hydrogens is 368 g/mol. The number of anilines is 2. The van der Waals surface area contributed by atoms with E-state index in [2.05, 4.69) is 15.6 Å². The minimum absolute atomic E-state index is 0.0370. The van der Waals surface area contributed by atoms with E-state index < -0.39 is 29.2 Å². The highest BCUT2D eigenvalue weighted by molar-refractivity contribution is 6.08. The summed E-state index contributed by atoms with van der Waals surface area (Å²) in [4.78, 5) is 27.3. The number of benzene rings is 2. The number of nitrogens with one attached hydrogen (secondary N) is 3. The summed E-state index contributed by atoms with van der Waals surface area (Å²) in [5.41, 5.74) is 0.0208. The number of H-pyrrole nitrogens is 1. The fourth-order valence-electron chi connectivity index (χ4n) is 2.57. The summed E-state index contributed by atoms with van der Waals surface area (Å²) in [7, 11) is 0. The molecular formula is C20H19F2N3O3. The molecule has 0 atom stereocenters. The smallest absolute Gasteiger partial charge is 0.412 e. The van der Waals surface area contributed by atoms with Crippen molar-refractivity contribution in [3.63, 3.8) is 0 Å².